The zero-order valence-corrected chi connectivity index (χ0v) is 13.9. The van der Waals surface area contributed by atoms with E-state index in [0.29, 0.717) is 0 Å². The Hall–Kier alpha value is -0.300. The molecule has 0 radical (unpaired) electrons. The fourth-order valence-corrected chi connectivity index (χ4v) is 2.42. The minimum absolute atomic E-state index is 0.162. The Balaban J connectivity index is 3.55. The highest BCUT2D eigenvalue weighted by Gasteiger charge is 2.03. The molecule has 1 N–H and O–H groups in total. The predicted octanol–water partition coefficient (Wildman–Crippen LogP) is 5.73. The van der Waals surface area contributed by atoms with Crippen LogP contribution in [0.3, 0.4) is 0 Å². The summed E-state index contributed by atoms with van der Waals surface area (Å²) in [5.74, 6) is 1.73. The van der Waals surface area contributed by atoms with Crippen LogP contribution < -0.4 is 0 Å². The average Bonchev–Trinajstić information content (AvgIpc) is 2.27. The zero-order valence-electron chi connectivity index (χ0n) is 13.9. The van der Waals surface area contributed by atoms with Crippen LogP contribution in [0.25, 0.3) is 0 Å². The summed E-state index contributed by atoms with van der Waals surface area (Å²) < 4.78 is 0. The van der Waals surface area contributed by atoms with Crippen molar-refractivity contribution in [2.75, 3.05) is 0 Å². The van der Waals surface area contributed by atoms with Crippen LogP contribution in [0.4, 0.5) is 0 Å². The molecule has 0 aliphatic heterocycles. The van der Waals surface area contributed by atoms with Crippen LogP contribution >= 0.6 is 0 Å². The first-order chi connectivity index (χ1) is 8.91. The molecular formula is C18H36O. The minimum Gasteiger partial charge on any atom is -0.393 e. The Morgan fingerprint density at radius 2 is 1.58 bits per heavy atom. The van der Waals surface area contributed by atoms with Crippen LogP contribution in [0.15, 0.2) is 11.6 Å². The number of aliphatic hydroxyl groups is 1. The van der Waals surface area contributed by atoms with E-state index in [1.54, 1.807) is 0 Å². The van der Waals surface area contributed by atoms with Crippen molar-refractivity contribution in [3.05, 3.63) is 11.6 Å². The van der Waals surface area contributed by atoms with Gasteiger partial charge in [-0.2, -0.15) is 0 Å². The van der Waals surface area contributed by atoms with Crippen molar-refractivity contribution in [2.45, 2.75) is 92.1 Å². The highest BCUT2D eigenvalue weighted by atomic mass is 16.3. The van der Waals surface area contributed by atoms with E-state index >= 15 is 0 Å². The van der Waals surface area contributed by atoms with Gasteiger partial charge in [0.15, 0.2) is 0 Å². The standard InChI is InChI=1S/C18H36O/c1-15(2)9-6-10-16(3)11-7-12-17(4)13-8-14-18(5)19/h13,15-16,18-19H,6-12,14H2,1-5H3. The molecule has 0 saturated heterocycles. The predicted molar refractivity (Wildman–Crippen MR) is 86.4 cm³/mol. The lowest BCUT2D eigenvalue weighted by atomic mass is 9.94. The molecule has 1 nitrogen and oxygen atoms in total. The Kier molecular flexibility index (Phi) is 11.3. The third-order valence-electron chi connectivity index (χ3n) is 3.82. The fourth-order valence-electron chi connectivity index (χ4n) is 2.42. The van der Waals surface area contributed by atoms with Gasteiger partial charge in [0.05, 0.1) is 6.10 Å². The summed E-state index contributed by atoms with van der Waals surface area (Å²) in [5.41, 5.74) is 1.50. The number of allylic oxidation sites excluding steroid dienone is 2. The first-order valence-electron chi connectivity index (χ1n) is 8.25. The summed E-state index contributed by atoms with van der Waals surface area (Å²) in [5, 5.41) is 9.21. The molecule has 0 saturated carbocycles. The van der Waals surface area contributed by atoms with Gasteiger partial charge in [-0.15, -0.1) is 0 Å². The minimum atomic E-state index is -0.162. The summed E-state index contributed by atoms with van der Waals surface area (Å²) in [4.78, 5) is 0. The molecule has 1 heteroatoms. The van der Waals surface area contributed by atoms with Gasteiger partial charge in [-0.05, 0) is 51.4 Å². The highest BCUT2D eigenvalue weighted by Crippen LogP contribution is 2.19. The van der Waals surface area contributed by atoms with Crippen molar-refractivity contribution in [3.63, 3.8) is 0 Å². The van der Waals surface area contributed by atoms with E-state index in [2.05, 4.69) is 33.8 Å². The first kappa shape index (κ1) is 18.7. The van der Waals surface area contributed by atoms with Crippen LogP contribution in [0.1, 0.15) is 86.0 Å². The molecule has 0 aromatic rings. The average molecular weight is 268 g/mol. The summed E-state index contributed by atoms with van der Waals surface area (Å²) in [7, 11) is 0. The topological polar surface area (TPSA) is 20.2 Å². The number of rotatable bonds is 11. The molecule has 19 heavy (non-hydrogen) atoms. The Morgan fingerprint density at radius 1 is 0.947 bits per heavy atom. The third kappa shape index (κ3) is 13.9. The van der Waals surface area contributed by atoms with E-state index in [1.165, 1.54) is 44.1 Å². The van der Waals surface area contributed by atoms with Crippen molar-refractivity contribution in [1.82, 2.24) is 0 Å². The van der Waals surface area contributed by atoms with Gasteiger partial charge in [-0.3, -0.25) is 0 Å². The van der Waals surface area contributed by atoms with E-state index in [1.807, 2.05) is 6.92 Å². The lowest BCUT2D eigenvalue weighted by Crippen LogP contribution is -1.98. The zero-order chi connectivity index (χ0) is 14.7. The molecule has 114 valence electrons. The lowest BCUT2D eigenvalue weighted by molar-refractivity contribution is 0.186. The number of aliphatic hydroxyl groups excluding tert-OH is 1. The molecule has 0 aromatic carbocycles. The van der Waals surface area contributed by atoms with E-state index in [-0.39, 0.29) is 6.10 Å². The summed E-state index contributed by atoms with van der Waals surface area (Å²) in [6.45, 7) is 11.1. The normalized spacial score (nSPS) is 15.8. The quantitative estimate of drug-likeness (QED) is 0.475. The molecule has 0 aliphatic rings. The summed E-state index contributed by atoms with van der Waals surface area (Å²) >= 11 is 0. The first-order valence-corrected chi connectivity index (χ1v) is 8.25. The van der Waals surface area contributed by atoms with Gasteiger partial charge in [0, 0.05) is 0 Å². The number of hydrogen-bond donors (Lipinski definition) is 1. The maximum atomic E-state index is 9.21. The number of hydrogen-bond acceptors (Lipinski definition) is 1. The molecule has 0 aromatic heterocycles. The van der Waals surface area contributed by atoms with E-state index in [4.69, 9.17) is 0 Å². The van der Waals surface area contributed by atoms with Crippen molar-refractivity contribution in [1.29, 1.82) is 0 Å². The van der Waals surface area contributed by atoms with Crippen molar-refractivity contribution in [3.8, 4) is 0 Å². The van der Waals surface area contributed by atoms with Crippen molar-refractivity contribution < 1.29 is 5.11 Å². The molecule has 0 heterocycles. The lowest BCUT2D eigenvalue weighted by Gasteiger charge is -2.12. The van der Waals surface area contributed by atoms with E-state index < -0.39 is 0 Å². The van der Waals surface area contributed by atoms with Gasteiger partial charge >= 0.3 is 0 Å². The maximum absolute atomic E-state index is 9.21. The van der Waals surface area contributed by atoms with Gasteiger partial charge < -0.3 is 5.11 Å². The van der Waals surface area contributed by atoms with Gasteiger partial charge in [0.1, 0.15) is 0 Å². The molecule has 0 fully saturated rings. The SMILES string of the molecule is CC(=CCCC(C)O)CCCC(C)CCCC(C)C. The van der Waals surface area contributed by atoms with E-state index in [9.17, 15) is 5.11 Å². The molecule has 0 aliphatic carbocycles. The van der Waals surface area contributed by atoms with Crippen LogP contribution in [0.5, 0.6) is 0 Å². The van der Waals surface area contributed by atoms with Gasteiger partial charge in [0.2, 0.25) is 0 Å². The van der Waals surface area contributed by atoms with Crippen LogP contribution in [-0.2, 0) is 0 Å². The Bertz CT molecular complexity index is 228. The van der Waals surface area contributed by atoms with Crippen molar-refractivity contribution >= 4 is 0 Å². The highest BCUT2D eigenvalue weighted by molar-refractivity contribution is 4.97. The second-order valence-electron chi connectivity index (χ2n) is 6.80. The van der Waals surface area contributed by atoms with Gasteiger partial charge in [-0.25, -0.2) is 0 Å². The van der Waals surface area contributed by atoms with E-state index in [0.717, 1.165) is 24.7 Å². The van der Waals surface area contributed by atoms with Crippen molar-refractivity contribution in [2.24, 2.45) is 11.8 Å². The summed E-state index contributed by atoms with van der Waals surface area (Å²) in [6, 6.07) is 0. The molecule has 0 rings (SSSR count). The van der Waals surface area contributed by atoms with Crippen LogP contribution in [0.2, 0.25) is 0 Å². The third-order valence-corrected chi connectivity index (χ3v) is 3.82. The van der Waals surface area contributed by atoms with Gasteiger partial charge in [-0.1, -0.05) is 58.1 Å². The monoisotopic (exact) mass is 268 g/mol. The fraction of sp³-hybridized carbons (Fsp3) is 0.889. The molecule has 2 unspecified atom stereocenters. The summed E-state index contributed by atoms with van der Waals surface area (Å²) in [6.07, 6.45) is 12.1. The van der Waals surface area contributed by atoms with Crippen LogP contribution in [-0.4, -0.2) is 11.2 Å². The molecule has 0 spiro atoms. The van der Waals surface area contributed by atoms with Crippen LogP contribution in [0, 0.1) is 11.8 Å². The second kappa shape index (κ2) is 11.5. The largest absolute Gasteiger partial charge is 0.393 e. The Morgan fingerprint density at radius 3 is 2.16 bits per heavy atom. The molecule has 0 bridgehead atoms. The maximum Gasteiger partial charge on any atom is 0.0515 e. The van der Waals surface area contributed by atoms with Gasteiger partial charge in [0.25, 0.3) is 0 Å². The smallest absolute Gasteiger partial charge is 0.0515 e. The molecule has 2 atom stereocenters. The molecule has 0 amide bonds. The second-order valence-corrected chi connectivity index (χ2v) is 6.80. The molecular weight excluding hydrogens is 232 g/mol. The Labute approximate surface area is 121 Å².